The van der Waals surface area contributed by atoms with Crippen LogP contribution in [-0.4, -0.2) is 24.4 Å². The van der Waals surface area contributed by atoms with Crippen molar-refractivity contribution in [2.24, 2.45) is 0 Å². The molecule has 2 unspecified atom stereocenters. The van der Waals surface area contributed by atoms with Gasteiger partial charge in [-0.25, -0.2) is 0 Å². The molecule has 12 heavy (non-hydrogen) atoms. The minimum Gasteiger partial charge on any atom is -0.393 e. The standard InChI is InChI=1S/C9H20O2.CH4/c1-4-5-6-9(11-3)7-8(2)10;/h8-10H,4-7H2,1-3H3;1H4. The summed E-state index contributed by atoms with van der Waals surface area (Å²) in [6.45, 7) is 3.97. The fourth-order valence-corrected chi connectivity index (χ4v) is 1.14. The Morgan fingerprint density at radius 3 is 2.33 bits per heavy atom. The molecule has 2 nitrogen and oxygen atoms in total. The Balaban J connectivity index is 0. The van der Waals surface area contributed by atoms with Crippen molar-refractivity contribution in [3.8, 4) is 0 Å². The lowest BCUT2D eigenvalue weighted by molar-refractivity contribution is 0.0451. The first-order chi connectivity index (χ1) is 5.20. The summed E-state index contributed by atoms with van der Waals surface area (Å²) in [6, 6.07) is 0. The van der Waals surface area contributed by atoms with Crippen LogP contribution in [0.15, 0.2) is 0 Å². The molecule has 2 heteroatoms. The van der Waals surface area contributed by atoms with Gasteiger partial charge in [-0.2, -0.15) is 0 Å². The molecule has 0 aliphatic rings. The third kappa shape index (κ3) is 8.02. The van der Waals surface area contributed by atoms with Crippen LogP contribution in [-0.2, 0) is 4.74 Å². The maximum Gasteiger partial charge on any atom is 0.0595 e. The average Bonchev–Trinajstić information content (AvgIpc) is 1.97. The molecule has 0 amide bonds. The molecule has 0 heterocycles. The monoisotopic (exact) mass is 176 g/mol. The van der Waals surface area contributed by atoms with Gasteiger partial charge in [0.25, 0.3) is 0 Å². The molecule has 0 aromatic rings. The number of hydrogen-bond acceptors (Lipinski definition) is 2. The highest BCUT2D eigenvalue weighted by molar-refractivity contribution is 4.60. The van der Waals surface area contributed by atoms with E-state index in [4.69, 9.17) is 9.84 Å². The van der Waals surface area contributed by atoms with Crippen molar-refractivity contribution in [2.45, 2.75) is 59.2 Å². The van der Waals surface area contributed by atoms with Crippen LogP contribution in [0.3, 0.4) is 0 Å². The van der Waals surface area contributed by atoms with Gasteiger partial charge in [0, 0.05) is 7.11 Å². The fourth-order valence-electron chi connectivity index (χ4n) is 1.14. The number of unbranched alkanes of at least 4 members (excludes halogenated alkanes) is 1. The fraction of sp³-hybridized carbons (Fsp3) is 1.00. The van der Waals surface area contributed by atoms with E-state index in [0.717, 1.165) is 12.8 Å². The summed E-state index contributed by atoms with van der Waals surface area (Å²) >= 11 is 0. The highest BCUT2D eigenvalue weighted by Crippen LogP contribution is 2.09. The van der Waals surface area contributed by atoms with Crippen molar-refractivity contribution >= 4 is 0 Å². The van der Waals surface area contributed by atoms with Crippen molar-refractivity contribution < 1.29 is 9.84 Å². The van der Waals surface area contributed by atoms with Crippen molar-refractivity contribution in [1.29, 1.82) is 0 Å². The molecule has 0 spiro atoms. The van der Waals surface area contributed by atoms with Crippen LogP contribution in [0.1, 0.15) is 47.0 Å². The summed E-state index contributed by atoms with van der Waals surface area (Å²) in [5, 5.41) is 9.07. The van der Waals surface area contributed by atoms with Gasteiger partial charge >= 0.3 is 0 Å². The van der Waals surface area contributed by atoms with Crippen LogP contribution in [0.4, 0.5) is 0 Å². The van der Waals surface area contributed by atoms with Crippen molar-refractivity contribution in [3.63, 3.8) is 0 Å². The molecule has 1 N–H and O–H groups in total. The third-order valence-electron chi connectivity index (χ3n) is 1.82. The molecule has 0 aliphatic heterocycles. The van der Waals surface area contributed by atoms with E-state index >= 15 is 0 Å². The summed E-state index contributed by atoms with van der Waals surface area (Å²) in [5.74, 6) is 0. The molecule has 0 aromatic carbocycles. The van der Waals surface area contributed by atoms with Crippen molar-refractivity contribution in [2.75, 3.05) is 7.11 Å². The zero-order chi connectivity index (χ0) is 8.69. The van der Waals surface area contributed by atoms with Gasteiger partial charge in [0.1, 0.15) is 0 Å². The molecule has 76 valence electrons. The minimum atomic E-state index is -0.239. The van der Waals surface area contributed by atoms with Gasteiger partial charge in [0.2, 0.25) is 0 Å². The van der Waals surface area contributed by atoms with Crippen LogP contribution < -0.4 is 0 Å². The van der Waals surface area contributed by atoms with E-state index < -0.39 is 0 Å². The summed E-state index contributed by atoms with van der Waals surface area (Å²) in [4.78, 5) is 0. The molecule has 0 saturated carbocycles. The second-order valence-electron chi connectivity index (χ2n) is 3.08. The number of ether oxygens (including phenoxy) is 1. The molecular weight excluding hydrogens is 152 g/mol. The molecule has 0 rings (SSSR count). The first-order valence-corrected chi connectivity index (χ1v) is 4.41. The summed E-state index contributed by atoms with van der Waals surface area (Å²) in [6.07, 6.45) is 4.21. The molecule has 0 aliphatic carbocycles. The maximum absolute atomic E-state index is 9.07. The Hall–Kier alpha value is -0.0800. The highest BCUT2D eigenvalue weighted by Gasteiger charge is 2.09. The van der Waals surface area contributed by atoms with Gasteiger partial charge in [0.05, 0.1) is 12.2 Å². The summed E-state index contributed by atoms with van der Waals surface area (Å²) < 4.78 is 5.20. The van der Waals surface area contributed by atoms with Crippen LogP contribution in [0.2, 0.25) is 0 Å². The predicted octanol–water partition coefficient (Wildman–Crippen LogP) is 2.60. The molecule has 0 radical (unpaired) electrons. The van der Waals surface area contributed by atoms with E-state index in [2.05, 4.69) is 6.92 Å². The molecule has 2 atom stereocenters. The van der Waals surface area contributed by atoms with Crippen LogP contribution in [0, 0.1) is 0 Å². The Labute approximate surface area is 76.9 Å². The minimum absolute atomic E-state index is 0. The van der Waals surface area contributed by atoms with E-state index in [-0.39, 0.29) is 19.6 Å². The Morgan fingerprint density at radius 2 is 2.00 bits per heavy atom. The lowest BCUT2D eigenvalue weighted by Crippen LogP contribution is -2.17. The molecule has 0 bridgehead atoms. The van der Waals surface area contributed by atoms with Crippen LogP contribution in [0.25, 0.3) is 0 Å². The molecular formula is C10H24O2. The third-order valence-corrected chi connectivity index (χ3v) is 1.82. The average molecular weight is 176 g/mol. The van der Waals surface area contributed by atoms with E-state index in [1.54, 1.807) is 14.0 Å². The lowest BCUT2D eigenvalue weighted by atomic mass is 10.1. The van der Waals surface area contributed by atoms with Gasteiger partial charge in [-0.05, 0) is 19.8 Å². The SMILES string of the molecule is C.CCCCC(CC(C)O)OC. The second kappa shape index (κ2) is 9.01. The molecule has 0 fully saturated rings. The summed E-state index contributed by atoms with van der Waals surface area (Å²) in [5.41, 5.74) is 0. The first-order valence-electron chi connectivity index (χ1n) is 4.41. The number of hydrogen-bond donors (Lipinski definition) is 1. The van der Waals surface area contributed by atoms with E-state index in [1.165, 1.54) is 12.8 Å². The first kappa shape index (κ1) is 14.4. The normalized spacial score (nSPS) is 15.0. The highest BCUT2D eigenvalue weighted by atomic mass is 16.5. The van der Waals surface area contributed by atoms with E-state index in [0.29, 0.717) is 0 Å². The topological polar surface area (TPSA) is 29.5 Å². The van der Waals surface area contributed by atoms with Crippen molar-refractivity contribution in [3.05, 3.63) is 0 Å². The van der Waals surface area contributed by atoms with Gasteiger partial charge in [0.15, 0.2) is 0 Å². The number of methoxy groups -OCH3 is 1. The number of aliphatic hydroxyl groups is 1. The zero-order valence-electron chi connectivity index (χ0n) is 7.84. The zero-order valence-corrected chi connectivity index (χ0v) is 7.84. The maximum atomic E-state index is 9.07. The largest absolute Gasteiger partial charge is 0.393 e. The van der Waals surface area contributed by atoms with E-state index in [9.17, 15) is 0 Å². The smallest absolute Gasteiger partial charge is 0.0595 e. The Bertz CT molecular complexity index is 81.9. The number of aliphatic hydroxyl groups excluding tert-OH is 1. The van der Waals surface area contributed by atoms with Crippen LogP contribution in [0.5, 0.6) is 0 Å². The predicted molar refractivity (Wildman–Crippen MR) is 53.4 cm³/mol. The van der Waals surface area contributed by atoms with E-state index in [1.807, 2.05) is 0 Å². The lowest BCUT2D eigenvalue weighted by Gasteiger charge is -2.15. The quantitative estimate of drug-likeness (QED) is 0.674. The molecule has 0 saturated heterocycles. The van der Waals surface area contributed by atoms with Gasteiger partial charge < -0.3 is 9.84 Å². The molecule has 0 aromatic heterocycles. The Kier molecular flexibility index (Phi) is 10.8. The van der Waals surface area contributed by atoms with Gasteiger partial charge in [-0.1, -0.05) is 27.2 Å². The second-order valence-corrected chi connectivity index (χ2v) is 3.08. The van der Waals surface area contributed by atoms with Crippen LogP contribution >= 0.6 is 0 Å². The Morgan fingerprint density at radius 1 is 1.42 bits per heavy atom. The number of rotatable bonds is 6. The van der Waals surface area contributed by atoms with Gasteiger partial charge in [-0.15, -0.1) is 0 Å². The van der Waals surface area contributed by atoms with Crippen molar-refractivity contribution in [1.82, 2.24) is 0 Å². The summed E-state index contributed by atoms with van der Waals surface area (Å²) in [7, 11) is 1.71. The van der Waals surface area contributed by atoms with Gasteiger partial charge in [-0.3, -0.25) is 0 Å².